The minimum absolute atomic E-state index is 0.0452. The topological polar surface area (TPSA) is 58.6 Å². The number of likely N-dealkylation sites (tertiary alicyclic amines) is 1. The summed E-state index contributed by atoms with van der Waals surface area (Å²) in [5.74, 6) is 0.103. The SMILES string of the molecule is COCCC(=O)N[C@H]1CC(=O)N(C2Cc3ccccc3C2)C1. The van der Waals surface area contributed by atoms with Crippen molar-refractivity contribution >= 4 is 11.8 Å². The van der Waals surface area contributed by atoms with E-state index < -0.39 is 0 Å². The Balaban J connectivity index is 1.56. The van der Waals surface area contributed by atoms with Gasteiger partial charge < -0.3 is 15.0 Å². The Bertz CT molecular complexity index is 548. The van der Waals surface area contributed by atoms with E-state index in [9.17, 15) is 9.59 Å². The Kier molecular flexibility index (Phi) is 4.43. The normalized spacial score (nSPS) is 21.2. The first-order valence-electron chi connectivity index (χ1n) is 7.82. The highest BCUT2D eigenvalue weighted by Gasteiger charge is 2.37. The lowest BCUT2D eigenvalue weighted by Gasteiger charge is -2.24. The van der Waals surface area contributed by atoms with Gasteiger partial charge in [-0.15, -0.1) is 0 Å². The molecule has 22 heavy (non-hydrogen) atoms. The minimum atomic E-state index is -0.0689. The third kappa shape index (κ3) is 3.14. The fourth-order valence-corrected chi connectivity index (χ4v) is 3.43. The molecule has 1 atom stereocenters. The van der Waals surface area contributed by atoms with Gasteiger partial charge in [-0.05, 0) is 24.0 Å². The van der Waals surface area contributed by atoms with Gasteiger partial charge in [0.2, 0.25) is 11.8 Å². The highest BCUT2D eigenvalue weighted by atomic mass is 16.5. The number of carbonyl (C=O) groups is 2. The molecule has 0 saturated carbocycles. The van der Waals surface area contributed by atoms with E-state index in [1.165, 1.54) is 11.1 Å². The van der Waals surface area contributed by atoms with Crippen LogP contribution >= 0.6 is 0 Å². The Morgan fingerprint density at radius 1 is 1.27 bits per heavy atom. The van der Waals surface area contributed by atoms with Crippen molar-refractivity contribution in [1.29, 1.82) is 0 Å². The molecular formula is C17H22N2O3. The number of nitrogens with one attached hydrogen (secondary N) is 1. The molecule has 2 amide bonds. The van der Waals surface area contributed by atoms with E-state index in [1.807, 2.05) is 17.0 Å². The minimum Gasteiger partial charge on any atom is -0.384 e. The number of carbonyl (C=O) groups excluding carboxylic acids is 2. The van der Waals surface area contributed by atoms with Crippen LogP contribution < -0.4 is 5.32 Å². The van der Waals surface area contributed by atoms with Crippen LogP contribution in [0.2, 0.25) is 0 Å². The average molecular weight is 302 g/mol. The van der Waals surface area contributed by atoms with E-state index in [-0.39, 0.29) is 23.9 Å². The lowest BCUT2D eigenvalue weighted by molar-refractivity contribution is -0.129. The molecule has 1 N–H and O–H groups in total. The second kappa shape index (κ2) is 6.48. The Morgan fingerprint density at radius 3 is 2.59 bits per heavy atom. The number of nitrogens with zero attached hydrogens (tertiary/aromatic N) is 1. The lowest BCUT2D eigenvalue weighted by atomic mass is 10.1. The van der Waals surface area contributed by atoms with Gasteiger partial charge in [-0.25, -0.2) is 0 Å². The lowest BCUT2D eigenvalue weighted by Crippen LogP contribution is -2.41. The standard InChI is InChI=1S/C17H22N2O3/c1-22-7-6-16(20)18-14-10-17(21)19(11-14)15-8-12-4-2-3-5-13(12)9-15/h2-5,14-15H,6-11H2,1H3,(H,18,20)/t14-/m0/s1. The van der Waals surface area contributed by atoms with Crippen molar-refractivity contribution in [2.24, 2.45) is 0 Å². The van der Waals surface area contributed by atoms with Crippen LogP contribution in [0.5, 0.6) is 0 Å². The van der Waals surface area contributed by atoms with Crippen LogP contribution in [0, 0.1) is 0 Å². The summed E-state index contributed by atoms with van der Waals surface area (Å²) in [6.07, 6.45) is 2.60. The van der Waals surface area contributed by atoms with Crippen molar-refractivity contribution in [3.63, 3.8) is 0 Å². The van der Waals surface area contributed by atoms with Gasteiger partial charge in [0.25, 0.3) is 0 Å². The molecular weight excluding hydrogens is 280 g/mol. The summed E-state index contributed by atoms with van der Waals surface area (Å²) in [5, 5.41) is 2.94. The van der Waals surface area contributed by atoms with Crippen molar-refractivity contribution in [3.8, 4) is 0 Å². The smallest absolute Gasteiger partial charge is 0.225 e. The quantitative estimate of drug-likeness (QED) is 0.879. The molecule has 0 spiro atoms. The fraction of sp³-hybridized carbons (Fsp3) is 0.529. The Labute approximate surface area is 130 Å². The van der Waals surface area contributed by atoms with Gasteiger partial charge in [-0.1, -0.05) is 24.3 Å². The van der Waals surface area contributed by atoms with E-state index in [1.54, 1.807) is 7.11 Å². The number of hydrogen-bond acceptors (Lipinski definition) is 3. The molecule has 1 saturated heterocycles. The summed E-state index contributed by atoms with van der Waals surface area (Å²) in [7, 11) is 1.58. The van der Waals surface area contributed by atoms with Crippen LogP contribution in [0.15, 0.2) is 24.3 Å². The molecule has 5 heteroatoms. The third-order valence-electron chi connectivity index (χ3n) is 4.53. The predicted molar refractivity (Wildman–Crippen MR) is 82.4 cm³/mol. The Hall–Kier alpha value is -1.88. The maximum Gasteiger partial charge on any atom is 0.225 e. The maximum absolute atomic E-state index is 12.3. The monoisotopic (exact) mass is 302 g/mol. The summed E-state index contributed by atoms with van der Waals surface area (Å²) in [4.78, 5) is 26.0. The predicted octanol–water partition coefficient (Wildman–Crippen LogP) is 0.907. The first-order valence-corrected chi connectivity index (χ1v) is 7.82. The number of ether oxygens (including phenoxy) is 1. The second-order valence-corrected chi connectivity index (χ2v) is 6.09. The van der Waals surface area contributed by atoms with E-state index in [2.05, 4.69) is 17.4 Å². The molecule has 118 valence electrons. The molecule has 3 rings (SSSR count). The maximum atomic E-state index is 12.3. The first kappa shape index (κ1) is 15.0. The van der Waals surface area contributed by atoms with Gasteiger partial charge in [0, 0.05) is 32.5 Å². The molecule has 5 nitrogen and oxygen atoms in total. The largest absolute Gasteiger partial charge is 0.384 e. The highest BCUT2D eigenvalue weighted by molar-refractivity contribution is 5.82. The molecule has 0 bridgehead atoms. The number of methoxy groups -OCH3 is 1. The summed E-state index contributed by atoms with van der Waals surface area (Å²) < 4.78 is 4.90. The van der Waals surface area contributed by atoms with Crippen LogP contribution in [-0.4, -0.2) is 49.1 Å². The van der Waals surface area contributed by atoms with Gasteiger partial charge in [-0.3, -0.25) is 9.59 Å². The van der Waals surface area contributed by atoms with Crippen LogP contribution in [0.1, 0.15) is 24.0 Å². The number of amides is 2. The van der Waals surface area contributed by atoms with Crippen LogP contribution in [-0.2, 0) is 27.2 Å². The van der Waals surface area contributed by atoms with E-state index in [4.69, 9.17) is 4.74 Å². The Morgan fingerprint density at radius 2 is 1.95 bits per heavy atom. The van der Waals surface area contributed by atoms with Gasteiger partial charge in [-0.2, -0.15) is 0 Å². The van der Waals surface area contributed by atoms with Crippen molar-refractivity contribution < 1.29 is 14.3 Å². The van der Waals surface area contributed by atoms with E-state index in [0.29, 0.717) is 26.0 Å². The molecule has 1 aromatic rings. The molecule has 2 aliphatic rings. The third-order valence-corrected chi connectivity index (χ3v) is 4.53. The summed E-state index contributed by atoms with van der Waals surface area (Å²) in [6, 6.07) is 8.55. The van der Waals surface area contributed by atoms with E-state index >= 15 is 0 Å². The molecule has 1 fully saturated rings. The molecule has 1 aliphatic carbocycles. The fourth-order valence-electron chi connectivity index (χ4n) is 3.43. The molecule has 0 radical (unpaired) electrons. The van der Waals surface area contributed by atoms with Crippen LogP contribution in [0.3, 0.4) is 0 Å². The molecule has 1 aliphatic heterocycles. The van der Waals surface area contributed by atoms with Crippen LogP contribution in [0.25, 0.3) is 0 Å². The molecule has 0 aromatic heterocycles. The van der Waals surface area contributed by atoms with Gasteiger partial charge >= 0.3 is 0 Å². The van der Waals surface area contributed by atoms with Crippen molar-refractivity contribution in [3.05, 3.63) is 35.4 Å². The zero-order chi connectivity index (χ0) is 15.5. The summed E-state index contributed by atoms with van der Waals surface area (Å²) in [5.41, 5.74) is 2.68. The van der Waals surface area contributed by atoms with E-state index in [0.717, 1.165) is 12.8 Å². The van der Waals surface area contributed by atoms with Gasteiger partial charge in [0.05, 0.1) is 12.6 Å². The molecule has 1 heterocycles. The summed E-state index contributed by atoms with van der Waals surface area (Å²) in [6.45, 7) is 1.03. The number of rotatable bonds is 5. The number of fused-ring (bicyclic) bond motifs is 1. The zero-order valence-corrected chi connectivity index (χ0v) is 12.9. The van der Waals surface area contributed by atoms with Crippen LogP contribution in [0.4, 0.5) is 0 Å². The second-order valence-electron chi connectivity index (χ2n) is 6.09. The van der Waals surface area contributed by atoms with Gasteiger partial charge in [0.15, 0.2) is 0 Å². The highest BCUT2D eigenvalue weighted by Crippen LogP contribution is 2.28. The number of benzene rings is 1. The molecule has 0 unspecified atom stereocenters. The zero-order valence-electron chi connectivity index (χ0n) is 12.9. The van der Waals surface area contributed by atoms with Gasteiger partial charge in [0.1, 0.15) is 0 Å². The van der Waals surface area contributed by atoms with Crippen molar-refractivity contribution in [2.45, 2.75) is 37.8 Å². The molecule has 1 aromatic carbocycles. The first-order chi connectivity index (χ1) is 10.7. The number of hydrogen-bond donors (Lipinski definition) is 1. The average Bonchev–Trinajstić information content (AvgIpc) is 3.08. The van der Waals surface area contributed by atoms with Crippen molar-refractivity contribution in [1.82, 2.24) is 10.2 Å². The summed E-state index contributed by atoms with van der Waals surface area (Å²) >= 11 is 0. The van der Waals surface area contributed by atoms with Crippen molar-refractivity contribution in [2.75, 3.05) is 20.3 Å².